The molecule has 0 saturated heterocycles. The van der Waals surface area contributed by atoms with Crippen LogP contribution in [0.3, 0.4) is 0 Å². The second-order valence-corrected chi connectivity index (χ2v) is 5.58. The summed E-state index contributed by atoms with van der Waals surface area (Å²) in [6.07, 6.45) is 2.96. The summed E-state index contributed by atoms with van der Waals surface area (Å²) in [5.41, 5.74) is 7.04. The van der Waals surface area contributed by atoms with Gasteiger partial charge in [-0.15, -0.1) is 22.0 Å². The van der Waals surface area contributed by atoms with Gasteiger partial charge in [-0.05, 0) is 24.8 Å². The van der Waals surface area contributed by atoms with Crippen LogP contribution in [0.5, 0.6) is 0 Å². The fraction of sp³-hybridized carbons (Fsp3) is 0.333. The topological polar surface area (TPSA) is 51.8 Å². The van der Waals surface area contributed by atoms with Crippen molar-refractivity contribution in [1.82, 2.24) is 10.2 Å². The summed E-state index contributed by atoms with van der Waals surface area (Å²) in [5, 5.41) is 10.2. The molecule has 1 aromatic heterocycles. The van der Waals surface area contributed by atoms with Gasteiger partial charge in [-0.25, -0.2) is 0 Å². The van der Waals surface area contributed by atoms with Gasteiger partial charge in [0.05, 0.1) is 6.04 Å². The van der Waals surface area contributed by atoms with Gasteiger partial charge < -0.3 is 5.73 Å². The number of benzene rings is 1. The molecule has 0 bridgehead atoms. The van der Waals surface area contributed by atoms with Crippen LogP contribution in [-0.2, 0) is 0 Å². The molecule has 17 heavy (non-hydrogen) atoms. The molecule has 0 spiro atoms. The van der Waals surface area contributed by atoms with E-state index < -0.39 is 0 Å². The van der Waals surface area contributed by atoms with Crippen molar-refractivity contribution in [2.45, 2.75) is 24.3 Å². The number of rotatable bonds is 4. The Bertz CT molecular complexity index is 479. The lowest BCUT2D eigenvalue weighted by Gasteiger charge is -2.01. The van der Waals surface area contributed by atoms with Crippen LogP contribution in [0.25, 0.3) is 10.6 Å². The molecule has 0 fully saturated rings. The van der Waals surface area contributed by atoms with Crippen molar-refractivity contribution < 1.29 is 0 Å². The Kier molecular flexibility index (Phi) is 4.15. The summed E-state index contributed by atoms with van der Waals surface area (Å²) < 4.78 is 0. The van der Waals surface area contributed by atoms with Crippen LogP contribution in [0.15, 0.2) is 29.2 Å². The summed E-state index contributed by atoms with van der Waals surface area (Å²) in [5.74, 6) is 0. The van der Waals surface area contributed by atoms with E-state index in [1.807, 2.05) is 0 Å². The number of thioether (sulfide) groups is 1. The maximum absolute atomic E-state index is 5.94. The first kappa shape index (κ1) is 12.5. The molecule has 3 nitrogen and oxygen atoms in total. The van der Waals surface area contributed by atoms with Crippen LogP contribution in [0.2, 0.25) is 0 Å². The van der Waals surface area contributed by atoms with E-state index in [2.05, 4.69) is 47.6 Å². The van der Waals surface area contributed by atoms with Crippen molar-refractivity contribution in [1.29, 1.82) is 0 Å². The van der Waals surface area contributed by atoms with Crippen molar-refractivity contribution in [2.75, 3.05) is 6.26 Å². The van der Waals surface area contributed by atoms with Gasteiger partial charge in [-0.3, -0.25) is 0 Å². The minimum atomic E-state index is 0.00622. The maximum Gasteiger partial charge on any atom is 0.147 e. The molecular formula is C12H15N3S2. The first-order chi connectivity index (χ1) is 8.24. The Balaban J connectivity index is 2.24. The molecule has 0 aliphatic carbocycles. The highest BCUT2D eigenvalue weighted by Crippen LogP contribution is 2.28. The van der Waals surface area contributed by atoms with Crippen molar-refractivity contribution in [3.8, 4) is 10.6 Å². The zero-order chi connectivity index (χ0) is 12.3. The van der Waals surface area contributed by atoms with Crippen molar-refractivity contribution in [2.24, 2.45) is 5.73 Å². The Morgan fingerprint density at radius 1 is 1.29 bits per heavy atom. The Morgan fingerprint density at radius 2 is 2.00 bits per heavy atom. The number of aromatic nitrogens is 2. The van der Waals surface area contributed by atoms with Gasteiger partial charge in [-0.2, -0.15) is 0 Å². The first-order valence-electron chi connectivity index (χ1n) is 5.48. The van der Waals surface area contributed by atoms with Crippen LogP contribution in [-0.4, -0.2) is 16.5 Å². The SMILES string of the molecule is CCC(N)c1nnc(-c2ccc(SC)cc2)s1. The van der Waals surface area contributed by atoms with Crippen molar-refractivity contribution in [3.05, 3.63) is 29.3 Å². The minimum absolute atomic E-state index is 0.00622. The molecule has 1 aromatic carbocycles. The maximum atomic E-state index is 5.94. The van der Waals surface area contributed by atoms with Crippen LogP contribution in [0, 0.1) is 0 Å². The second-order valence-electron chi connectivity index (χ2n) is 3.69. The number of nitrogens with two attached hydrogens (primary N) is 1. The van der Waals surface area contributed by atoms with Gasteiger partial charge in [0.15, 0.2) is 0 Å². The zero-order valence-electron chi connectivity index (χ0n) is 9.88. The van der Waals surface area contributed by atoms with Crippen LogP contribution in [0.1, 0.15) is 24.4 Å². The predicted octanol–water partition coefficient (Wildman–Crippen LogP) is 3.34. The highest BCUT2D eigenvalue weighted by Gasteiger charge is 2.11. The van der Waals surface area contributed by atoms with E-state index in [4.69, 9.17) is 5.73 Å². The van der Waals surface area contributed by atoms with Crippen LogP contribution in [0.4, 0.5) is 0 Å². The minimum Gasteiger partial charge on any atom is -0.322 e. The Labute approximate surface area is 109 Å². The summed E-state index contributed by atoms with van der Waals surface area (Å²) in [4.78, 5) is 1.25. The van der Waals surface area contributed by atoms with E-state index in [-0.39, 0.29) is 6.04 Å². The predicted molar refractivity (Wildman–Crippen MR) is 74.3 cm³/mol. The largest absolute Gasteiger partial charge is 0.322 e. The molecular weight excluding hydrogens is 250 g/mol. The quantitative estimate of drug-likeness (QED) is 0.861. The monoisotopic (exact) mass is 265 g/mol. The van der Waals surface area contributed by atoms with Gasteiger partial charge in [-0.1, -0.05) is 30.4 Å². The summed E-state index contributed by atoms with van der Waals surface area (Å²) in [6.45, 7) is 2.05. The van der Waals surface area contributed by atoms with Crippen molar-refractivity contribution in [3.63, 3.8) is 0 Å². The summed E-state index contributed by atoms with van der Waals surface area (Å²) in [7, 11) is 0. The number of nitrogens with zero attached hydrogens (tertiary/aromatic N) is 2. The van der Waals surface area contributed by atoms with Gasteiger partial charge in [0.2, 0.25) is 0 Å². The van der Waals surface area contributed by atoms with Crippen molar-refractivity contribution >= 4 is 23.1 Å². The molecule has 0 amide bonds. The third kappa shape index (κ3) is 2.86. The van der Waals surface area contributed by atoms with Gasteiger partial charge in [0, 0.05) is 10.5 Å². The standard InChI is InChI=1S/C12H15N3S2/c1-3-10(13)12-15-14-11(17-12)8-4-6-9(16-2)7-5-8/h4-7,10H,3,13H2,1-2H3. The summed E-state index contributed by atoms with van der Waals surface area (Å²) >= 11 is 3.31. The number of hydrogen-bond acceptors (Lipinski definition) is 5. The average Bonchev–Trinajstić information content (AvgIpc) is 2.87. The van der Waals surface area contributed by atoms with Crippen LogP contribution < -0.4 is 5.73 Å². The molecule has 2 N–H and O–H groups in total. The molecule has 2 aromatic rings. The fourth-order valence-electron chi connectivity index (χ4n) is 1.41. The molecule has 0 saturated carbocycles. The van der Waals surface area contributed by atoms with Gasteiger partial charge >= 0.3 is 0 Å². The smallest absolute Gasteiger partial charge is 0.147 e. The van der Waals surface area contributed by atoms with E-state index in [0.29, 0.717) is 0 Å². The van der Waals surface area contributed by atoms with E-state index >= 15 is 0 Å². The first-order valence-corrected chi connectivity index (χ1v) is 7.52. The Morgan fingerprint density at radius 3 is 2.59 bits per heavy atom. The third-order valence-electron chi connectivity index (χ3n) is 2.53. The highest BCUT2D eigenvalue weighted by atomic mass is 32.2. The molecule has 5 heteroatoms. The van der Waals surface area contributed by atoms with E-state index in [0.717, 1.165) is 22.0 Å². The molecule has 90 valence electrons. The lowest BCUT2D eigenvalue weighted by molar-refractivity contribution is 0.683. The average molecular weight is 265 g/mol. The van der Waals surface area contributed by atoms with E-state index in [1.54, 1.807) is 23.1 Å². The van der Waals surface area contributed by atoms with Gasteiger partial charge in [0.25, 0.3) is 0 Å². The lowest BCUT2D eigenvalue weighted by Crippen LogP contribution is -2.07. The molecule has 0 radical (unpaired) electrons. The second kappa shape index (κ2) is 5.62. The zero-order valence-corrected chi connectivity index (χ0v) is 11.5. The fourth-order valence-corrected chi connectivity index (χ4v) is 2.75. The molecule has 1 atom stereocenters. The van der Waals surface area contributed by atoms with Crippen LogP contribution >= 0.6 is 23.1 Å². The third-order valence-corrected chi connectivity index (χ3v) is 4.38. The Hall–Kier alpha value is -0.910. The molecule has 2 rings (SSSR count). The molecule has 0 aliphatic heterocycles. The lowest BCUT2D eigenvalue weighted by atomic mass is 10.2. The molecule has 0 aliphatic rings. The van der Waals surface area contributed by atoms with E-state index in [1.165, 1.54) is 4.90 Å². The van der Waals surface area contributed by atoms with Gasteiger partial charge in [0.1, 0.15) is 10.0 Å². The molecule has 1 heterocycles. The number of hydrogen-bond donors (Lipinski definition) is 1. The van der Waals surface area contributed by atoms with E-state index in [9.17, 15) is 0 Å². The molecule has 1 unspecified atom stereocenters. The normalized spacial score (nSPS) is 12.6. The summed E-state index contributed by atoms with van der Waals surface area (Å²) in [6, 6.07) is 8.36. The highest BCUT2D eigenvalue weighted by molar-refractivity contribution is 7.98.